The molecular weight excluding hydrogens is 254 g/mol. The predicted molar refractivity (Wildman–Crippen MR) is 77.3 cm³/mol. The fourth-order valence-electron chi connectivity index (χ4n) is 2.49. The molecule has 0 N–H and O–H groups in total. The highest BCUT2D eigenvalue weighted by molar-refractivity contribution is 5.49. The van der Waals surface area contributed by atoms with Crippen molar-refractivity contribution in [1.82, 2.24) is 4.90 Å². The Kier molecular flexibility index (Phi) is 4.82. The molecule has 2 atom stereocenters. The molecule has 4 heteroatoms. The summed E-state index contributed by atoms with van der Waals surface area (Å²) in [5.74, 6) is 0. The molecule has 3 rings (SSSR count). The van der Waals surface area contributed by atoms with Crippen LogP contribution in [0.5, 0.6) is 0 Å². The quantitative estimate of drug-likeness (QED) is 0.838. The third-order valence-electron chi connectivity index (χ3n) is 3.58. The topological polar surface area (TPSA) is 30.9 Å². The Bertz CT molecular complexity index is 429. The summed E-state index contributed by atoms with van der Waals surface area (Å²) in [7, 11) is 0. The van der Waals surface area contributed by atoms with Gasteiger partial charge in [0.2, 0.25) is 0 Å². The van der Waals surface area contributed by atoms with E-state index in [9.17, 15) is 0 Å². The lowest BCUT2D eigenvalue weighted by atomic mass is 10.2. The van der Waals surface area contributed by atoms with E-state index in [1.807, 2.05) is 30.4 Å². The van der Waals surface area contributed by atoms with Crippen molar-refractivity contribution in [3.05, 3.63) is 42.0 Å². The van der Waals surface area contributed by atoms with E-state index in [-0.39, 0.29) is 12.4 Å². The van der Waals surface area contributed by atoms with Crippen molar-refractivity contribution in [3.8, 4) is 0 Å². The van der Waals surface area contributed by atoms with Crippen LogP contribution >= 0.6 is 0 Å². The van der Waals surface area contributed by atoms with E-state index in [2.05, 4.69) is 17.0 Å². The lowest BCUT2D eigenvalue weighted by Gasteiger charge is -2.28. The summed E-state index contributed by atoms with van der Waals surface area (Å²) in [5, 5.41) is 0. The molecule has 2 heterocycles. The van der Waals surface area contributed by atoms with E-state index in [1.54, 1.807) is 0 Å². The van der Waals surface area contributed by atoms with Gasteiger partial charge in [0.1, 0.15) is 0 Å². The van der Waals surface area contributed by atoms with Crippen LogP contribution in [0.1, 0.15) is 5.56 Å². The van der Waals surface area contributed by atoms with Crippen molar-refractivity contribution in [2.75, 3.05) is 39.5 Å². The zero-order valence-electron chi connectivity index (χ0n) is 11.6. The molecule has 0 aliphatic carbocycles. The molecule has 2 aliphatic rings. The molecule has 0 spiro atoms. The van der Waals surface area contributed by atoms with Crippen LogP contribution in [0.15, 0.2) is 36.4 Å². The van der Waals surface area contributed by atoms with E-state index in [4.69, 9.17) is 14.2 Å². The molecule has 0 bridgehead atoms. The van der Waals surface area contributed by atoms with Crippen molar-refractivity contribution >= 4 is 6.08 Å². The van der Waals surface area contributed by atoms with Gasteiger partial charge in [-0.05, 0) is 11.6 Å². The van der Waals surface area contributed by atoms with Crippen molar-refractivity contribution in [3.63, 3.8) is 0 Å². The number of ether oxygens (including phenoxy) is 3. The lowest BCUT2D eigenvalue weighted by Crippen LogP contribution is -2.41. The fourth-order valence-corrected chi connectivity index (χ4v) is 2.49. The number of hydrogen-bond donors (Lipinski definition) is 0. The summed E-state index contributed by atoms with van der Waals surface area (Å²) in [4.78, 5) is 2.38. The number of morpholine rings is 1. The Morgan fingerprint density at radius 1 is 1.15 bits per heavy atom. The second-order valence-corrected chi connectivity index (χ2v) is 5.14. The fraction of sp³-hybridized carbons (Fsp3) is 0.500. The third-order valence-corrected chi connectivity index (χ3v) is 3.58. The Hall–Kier alpha value is -1.20. The van der Waals surface area contributed by atoms with Gasteiger partial charge in [0.25, 0.3) is 0 Å². The summed E-state index contributed by atoms with van der Waals surface area (Å²) in [6.45, 7) is 5.23. The highest BCUT2D eigenvalue weighted by Gasteiger charge is 2.26. The Morgan fingerprint density at radius 3 is 2.75 bits per heavy atom. The zero-order valence-corrected chi connectivity index (χ0v) is 11.6. The van der Waals surface area contributed by atoms with Crippen molar-refractivity contribution in [2.45, 2.75) is 12.4 Å². The van der Waals surface area contributed by atoms with Gasteiger partial charge in [-0.25, -0.2) is 0 Å². The van der Waals surface area contributed by atoms with Crippen molar-refractivity contribution in [2.24, 2.45) is 0 Å². The summed E-state index contributed by atoms with van der Waals surface area (Å²) in [6, 6.07) is 10.2. The van der Waals surface area contributed by atoms with Crippen LogP contribution in [-0.2, 0) is 14.2 Å². The van der Waals surface area contributed by atoms with Crippen molar-refractivity contribution in [1.29, 1.82) is 0 Å². The lowest BCUT2D eigenvalue weighted by molar-refractivity contribution is -0.0340. The minimum Gasteiger partial charge on any atom is -0.379 e. The zero-order chi connectivity index (χ0) is 13.6. The van der Waals surface area contributed by atoms with Crippen LogP contribution in [0.2, 0.25) is 0 Å². The molecule has 1 aromatic carbocycles. The Morgan fingerprint density at radius 2 is 1.95 bits per heavy atom. The predicted octanol–water partition coefficient (Wildman–Crippen LogP) is 1.77. The summed E-state index contributed by atoms with van der Waals surface area (Å²) >= 11 is 0. The van der Waals surface area contributed by atoms with Gasteiger partial charge in [0, 0.05) is 19.6 Å². The molecular formula is C16H21NO3. The first-order valence-corrected chi connectivity index (χ1v) is 7.20. The van der Waals surface area contributed by atoms with E-state index >= 15 is 0 Å². The van der Waals surface area contributed by atoms with E-state index in [0.29, 0.717) is 6.61 Å². The first-order valence-electron chi connectivity index (χ1n) is 7.20. The van der Waals surface area contributed by atoms with Gasteiger partial charge < -0.3 is 14.2 Å². The van der Waals surface area contributed by atoms with Gasteiger partial charge in [-0.1, -0.05) is 36.4 Å². The maximum absolute atomic E-state index is 5.89. The molecule has 4 nitrogen and oxygen atoms in total. The normalized spacial score (nSPS) is 28.2. The summed E-state index contributed by atoms with van der Waals surface area (Å²) in [5.41, 5.74) is 1.16. The first-order chi connectivity index (χ1) is 9.90. The molecule has 0 amide bonds. The first kappa shape index (κ1) is 13.8. The molecule has 2 aliphatic heterocycles. The van der Waals surface area contributed by atoms with E-state index in [1.165, 1.54) is 0 Å². The number of rotatable bonds is 4. The van der Waals surface area contributed by atoms with Gasteiger partial charge in [-0.2, -0.15) is 0 Å². The molecule has 2 fully saturated rings. The van der Waals surface area contributed by atoms with Crippen LogP contribution in [0.25, 0.3) is 6.08 Å². The second kappa shape index (κ2) is 6.99. The summed E-state index contributed by atoms with van der Waals surface area (Å²) in [6.07, 6.45) is 3.97. The summed E-state index contributed by atoms with van der Waals surface area (Å²) < 4.78 is 16.9. The van der Waals surface area contributed by atoms with Crippen LogP contribution in [0, 0.1) is 0 Å². The maximum Gasteiger partial charge on any atom is 0.177 e. The SMILES string of the molecule is C(=CC1OCC(CN2CCOCC2)O1)c1ccccc1. The minimum atomic E-state index is -0.221. The van der Waals surface area contributed by atoms with Crippen LogP contribution in [0.4, 0.5) is 0 Å². The highest BCUT2D eigenvalue weighted by atomic mass is 16.7. The average molecular weight is 275 g/mol. The Balaban J connectivity index is 1.46. The minimum absolute atomic E-state index is 0.165. The molecule has 0 radical (unpaired) electrons. The molecule has 20 heavy (non-hydrogen) atoms. The van der Waals surface area contributed by atoms with E-state index < -0.39 is 0 Å². The largest absolute Gasteiger partial charge is 0.379 e. The van der Waals surface area contributed by atoms with E-state index in [0.717, 1.165) is 38.4 Å². The molecule has 1 aromatic rings. The van der Waals surface area contributed by atoms with Gasteiger partial charge in [0.05, 0.1) is 25.9 Å². The molecule has 2 unspecified atom stereocenters. The molecule has 2 saturated heterocycles. The number of nitrogens with zero attached hydrogens (tertiary/aromatic N) is 1. The average Bonchev–Trinajstić information content (AvgIpc) is 2.95. The standard InChI is InChI=1S/C16H21NO3/c1-2-4-14(5-3-1)6-7-16-19-13-15(20-16)12-17-8-10-18-11-9-17/h1-7,15-16H,8-13H2. The van der Waals surface area contributed by atoms with Crippen LogP contribution < -0.4 is 0 Å². The second-order valence-electron chi connectivity index (χ2n) is 5.14. The van der Waals surface area contributed by atoms with Crippen molar-refractivity contribution < 1.29 is 14.2 Å². The molecule has 0 saturated carbocycles. The highest BCUT2D eigenvalue weighted by Crippen LogP contribution is 2.16. The smallest absolute Gasteiger partial charge is 0.177 e. The van der Waals surface area contributed by atoms with Crippen LogP contribution in [0.3, 0.4) is 0 Å². The monoisotopic (exact) mass is 275 g/mol. The van der Waals surface area contributed by atoms with Gasteiger partial charge in [-0.3, -0.25) is 4.90 Å². The molecule has 108 valence electrons. The third kappa shape index (κ3) is 3.90. The van der Waals surface area contributed by atoms with Gasteiger partial charge in [-0.15, -0.1) is 0 Å². The number of benzene rings is 1. The van der Waals surface area contributed by atoms with Gasteiger partial charge in [0.15, 0.2) is 6.29 Å². The number of hydrogen-bond acceptors (Lipinski definition) is 4. The molecule has 0 aromatic heterocycles. The maximum atomic E-state index is 5.89. The van der Waals surface area contributed by atoms with Gasteiger partial charge >= 0.3 is 0 Å². The van der Waals surface area contributed by atoms with Crippen LogP contribution in [-0.4, -0.2) is 56.7 Å². The Labute approximate surface area is 119 Å².